The van der Waals surface area contributed by atoms with Gasteiger partial charge in [-0.2, -0.15) is 0 Å². The average molecular weight is 199 g/mol. The van der Waals surface area contributed by atoms with Crippen molar-refractivity contribution in [1.82, 2.24) is 4.90 Å². The zero-order valence-electron chi connectivity index (χ0n) is 10.3. The molecule has 1 aliphatic heterocycles. The number of ether oxygens (including phenoxy) is 1. The zero-order valence-corrected chi connectivity index (χ0v) is 10.3. The minimum Gasteiger partial charge on any atom is -0.381 e. The summed E-state index contributed by atoms with van der Waals surface area (Å²) in [4.78, 5) is 2.43. The molecule has 0 amide bonds. The van der Waals surface area contributed by atoms with E-state index in [4.69, 9.17) is 4.74 Å². The van der Waals surface area contributed by atoms with Crippen LogP contribution < -0.4 is 0 Å². The highest BCUT2D eigenvalue weighted by molar-refractivity contribution is 4.90. The van der Waals surface area contributed by atoms with E-state index >= 15 is 0 Å². The van der Waals surface area contributed by atoms with Gasteiger partial charge in [-0.1, -0.05) is 20.8 Å². The van der Waals surface area contributed by atoms with Crippen LogP contribution in [0.4, 0.5) is 0 Å². The van der Waals surface area contributed by atoms with E-state index in [0.717, 1.165) is 5.92 Å². The average Bonchev–Trinajstić information content (AvgIpc) is 2.01. The Morgan fingerprint density at radius 3 is 2.64 bits per heavy atom. The lowest BCUT2D eigenvalue weighted by Gasteiger charge is -2.45. The number of likely N-dealkylation sites (tertiary alicyclic amines) is 1. The Hall–Kier alpha value is -0.0800. The third-order valence-corrected chi connectivity index (χ3v) is 3.34. The van der Waals surface area contributed by atoms with Gasteiger partial charge in [0.25, 0.3) is 0 Å². The van der Waals surface area contributed by atoms with Crippen LogP contribution >= 0.6 is 0 Å². The standard InChI is InChI=1S/C12H25NO/c1-10(2)8-12(3)9-13(4)7-6-11(12)14-5/h10-11H,6-9H2,1-5H3/t11-,12-/m1/s1. The summed E-state index contributed by atoms with van der Waals surface area (Å²) in [6.45, 7) is 9.31. The van der Waals surface area contributed by atoms with Gasteiger partial charge in [-0.15, -0.1) is 0 Å². The van der Waals surface area contributed by atoms with E-state index in [1.807, 2.05) is 7.11 Å². The Morgan fingerprint density at radius 1 is 1.50 bits per heavy atom. The van der Waals surface area contributed by atoms with Crippen LogP contribution in [0.3, 0.4) is 0 Å². The first-order valence-electron chi connectivity index (χ1n) is 5.69. The second kappa shape index (κ2) is 4.63. The second-order valence-corrected chi connectivity index (χ2v) is 5.50. The SMILES string of the molecule is CO[C@@H]1CCN(C)C[C@@]1(C)CC(C)C. The van der Waals surface area contributed by atoms with E-state index in [9.17, 15) is 0 Å². The molecular weight excluding hydrogens is 174 g/mol. The fraction of sp³-hybridized carbons (Fsp3) is 1.00. The quantitative estimate of drug-likeness (QED) is 0.692. The topological polar surface area (TPSA) is 12.5 Å². The fourth-order valence-corrected chi connectivity index (χ4v) is 3.01. The van der Waals surface area contributed by atoms with Crippen molar-refractivity contribution in [2.45, 2.75) is 39.7 Å². The van der Waals surface area contributed by atoms with Crippen molar-refractivity contribution in [3.8, 4) is 0 Å². The lowest BCUT2D eigenvalue weighted by Crippen LogP contribution is -2.50. The van der Waals surface area contributed by atoms with Gasteiger partial charge in [0.2, 0.25) is 0 Å². The van der Waals surface area contributed by atoms with Crippen molar-refractivity contribution in [3.05, 3.63) is 0 Å². The molecule has 1 fully saturated rings. The van der Waals surface area contributed by atoms with Gasteiger partial charge >= 0.3 is 0 Å². The molecule has 0 N–H and O–H groups in total. The number of piperidine rings is 1. The molecular formula is C12H25NO. The van der Waals surface area contributed by atoms with Crippen LogP contribution in [0.2, 0.25) is 0 Å². The van der Waals surface area contributed by atoms with Crippen molar-refractivity contribution in [2.75, 3.05) is 27.2 Å². The second-order valence-electron chi connectivity index (χ2n) is 5.50. The summed E-state index contributed by atoms with van der Waals surface area (Å²) < 4.78 is 5.63. The van der Waals surface area contributed by atoms with Crippen LogP contribution in [0.25, 0.3) is 0 Å². The Morgan fingerprint density at radius 2 is 2.14 bits per heavy atom. The highest BCUT2D eigenvalue weighted by Crippen LogP contribution is 2.36. The van der Waals surface area contributed by atoms with Gasteiger partial charge in [-0.05, 0) is 25.8 Å². The van der Waals surface area contributed by atoms with Crippen LogP contribution in [0, 0.1) is 11.3 Å². The lowest BCUT2D eigenvalue weighted by atomic mass is 9.73. The summed E-state index contributed by atoms with van der Waals surface area (Å²) >= 11 is 0. The molecule has 0 radical (unpaired) electrons. The number of nitrogens with zero attached hydrogens (tertiary/aromatic N) is 1. The molecule has 1 rings (SSSR count). The minimum atomic E-state index is 0.343. The lowest BCUT2D eigenvalue weighted by molar-refractivity contribution is -0.0643. The highest BCUT2D eigenvalue weighted by atomic mass is 16.5. The summed E-state index contributed by atoms with van der Waals surface area (Å²) in [5.74, 6) is 0.754. The molecule has 0 aromatic rings. The Balaban J connectivity index is 2.67. The Kier molecular flexibility index (Phi) is 3.96. The van der Waals surface area contributed by atoms with Gasteiger partial charge in [0.15, 0.2) is 0 Å². The molecule has 0 bridgehead atoms. The summed E-state index contributed by atoms with van der Waals surface area (Å²) in [7, 11) is 4.07. The summed E-state index contributed by atoms with van der Waals surface area (Å²) in [6, 6.07) is 0. The van der Waals surface area contributed by atoms with Crippen LogP contribution in [0.15, 0.2) is 0 Å². The Bertz CT molecular complexity index is 177. The van der Waals surface area contributed by atoms with E-state index in [0.29, 0.717) is 11.5 Å². The number of rotatable bonds is 3. The predicted octanol–water partition coefficient (Wildman–Crippen LogP) is 2.39. The Labute approximate surface area is 88.6 Å². The molecule has 2 atom stereocenters. The molecule has 0 unspecified atom stereocenters. The van der Waals surface area contributed by atoms with E-state index in [-0.39, 0.29) is 0 Å². The molecule has 14 heavy (non-hydrogen) atoms. The van der Waals surface area contributed by atoms with Crippen LogP contribution in [-0.2, 0) is 4.74 Å². The molecule has 2 nitrogen and oxygen atoms in total. The molecule has 0 saturated carbocycles. The molecule has 0 aromatic carbocycles. The van der Waals surface area contributed by atoms with Gasteiger partial charge in [-0.25, -0.2) is 0 Å². The molecule has 2 heteroatoms. The first-order chi connectivity index (χ1) is 6.48. The normalized spacial score (nSPS) is 35.1. The van der Waals surface area contributed by atoms with Crippen LogP contribution in [0.1, 0.15) is 33.6 Å². The smallest absolute Gasteiger partial charge is 0.0649 e. The van der Waals surface area contributed by atoms with Crippen molar-refractivity contribution in [1.29, 1.82) is 0 Å². The fourth-order valence-electron chi connectivity index (χ4n) is 3.01. The van der Waals surface area contributed by atoms with Gasteiger partial charge in [0.1, 0.15) is 0 Å². The maximum absolute atomic E-state index is 5.63. The number of hydrogen-bond acceptors (Lipinski definition) is 2. The molecule has 0 aliphatic carbocycles. The summed E-state index contributed by atoms with van der Waals surface area (Å²) in [6.07, 6.45) is 2.88. The van der Waals surface area contributed by atoms with Crippen LogP contribution in [-0.4, -0.2) is 38.3 Å². The van der Waals surface area contributed by atoms with Gasteiger partial charge < -0.3 is 9.64 Å². The molecule has 84 valence electrons. The van der Waals surface area contributed by atoms with E-state index in [2.05, 4.69) is 32.7 Å². The monoisotopic (exact) mass is 199 g/mol. The van der Waals surface area contributed by atoms with E-state index in [1.165, 1.54) is 25.9 Å². The first kappa shape index (κ1) is 12.0. The van der Waals surface area contributed by atoms with Gasteiger partial charge in [-0.3, -0.25) is 0 Å². The molecule has 1 heterocycles. The van der Waals surface area contributed by atoms with Gasteiger partial charge in [0.05, 0.1) is 6.10 Å². The van der Waals surface area contributed by atoms with Crippen LogP contribution in [0.5, 0.6) is 0 Å². The largest absolute Gasteiger partial charge is 0.381 e. The first-order valence-corrected chi connectivity index (χ1v) is 5.69. The molecule has 1 aliphatic rings. The van der Waals surface area contributed by atoms with Crippen molar-refractivity contribution < 1.29 is 4.74 Å². The highest BCUT2D eigenvalue weighted by Gasteiger charge is 2.39. The maximum atomic E-state index is 5.63. The van der Waals surface area contributed by atoms with Crippen molar-refractivity contribution >= 4 is 0 Å². The molecule has 0 aromatic heterocycles. The third kappa shape index (κ3) is 2.71. The zero-order chi connectivity index (χ0) is 10.8. The van der Waals surface area contributed by atoms with E-state index < -0.39 is 0 Å². The predicted molar refractivity (Wildman–Crippen MR) is 60.5 cm³/mol. The maximum Gasteiger partial charge on any atom is 0.0649 e. The van der Waals surface area contributed by atoms with Crippen molar-refractivity contribution in [3.63, 3.8) is 0 Å². The third-order valence-electron chi connectivity index (χ3n) is 3.34. The van der Waals surface area contributed by atoms with E-state index in [1.54, 1.807) is 0 Å². The number of hydrogen-bond donors (Lipinski definition) is 0. The molecule has 0 spiro atoms. The molecule has 1 saturated heterocycles. The summed E-state index contributed by atoms with van der Waals surface area (Å²) in [5.41, 5.74) is 0.343. The minimum absolute atomic E-state index is 0.343. The number of methoxy groups -OCH3 is 1. The van der Waals surface area contributed by atoms with Crippen molar-refractivity contribution in [2.24, 2.45) is 11.3 Å². The van der Waals surface area contributed by atoms with Gasteiger partial charge in [0, 0.05) is 25.6 Å². The summed E-state index contributed by atoms with van der Waals surface area (Å²) in [5, 5.41) is 0.